The van der Waals surface area contributed by atoms with E-state index in [-0.39, 0.29) is 5.97 Å². The molecule has 0 spiro atoms. The number of hydrogen-bond donors (Lipinski definition) is 0. The van der Waals surface area contributed by atoms with Gasteiger partial charge >= 0.3 is 5.97 Å². The van der Waals surface area contributed by atoms with E-state index in [1.165, 1.54) is 7.11 Å². The van der Waals surface area contributed by atoms with E-state index in [0.29, 0.717) is 12.5 Å². The van der Waals surface area contributed by atoms with E-state index in [9.17, 15) is 4.79 Å². The van der Waals surface area contributed by atoms with Crippen molar-refractivity contribution in [1.29, 1.82) is 0 Å². The van der Waals surface area contributed by atoms with Gasteiger partial charge in [0.05, 0.1) is 13.5 Å². The SMILES string of the molecule is CCC(CC)N(CC)CCC(=O)OC. The summed E-state index contributed by atoms with van der Waals surface area (Å²) in [4.78, 5) is 13.3. The van der Waals surface area contributed by atoms with Crippen LogP contribution >= 0.6 is 0 Å². The van der Waals surface area contributed by atoms with Crippen LogP contribution in [0.4, 0.5) is 0 Å². The van der Waals surface area contributed by atoms with Gasteiger partial charge in [0.15, 0.2) is 0 Å². The molecule has 0 radical (unpaired) electrons. The zero-order valence-electron chi connectivity index (χ0n) is 9.88. The lowest BCUT2D eigenvalue weighted by Crippen LogP contribution is -2.36. The van der Waals surface area contributed by atoms with Gasteiger partial charge in [-0.3, -0.25) is 4.79 Å². The molecule has 0 bridgehead atoms. The highest BCUT2D eigenvalue weighted by atomic mass is 16.5. The highest BCUT2D eigenvalue weighted by Crippen LogP contribution is 2.08. The van der Waals surface area contributed by atoms with E-state index in [4.69, 9.17) is 0 Å². The second-order valence-electron chi connectivity index (χ2n) is 3.43. The van der Waals surface area contributed by atoms with Gasteiger partial charge in [-0.05, 0) is 19.4 Å². The minimum absolute atomic E-state index is 0.116. The van der Waals surface area contributed by atoms with Gasteiger partial charge in [0.1, 0.15) is 0 Å². The Labute approximate surface area is 87.4 Å². The van der Waals surface area contributed by atoms with E-state index >= 15 is 0 Å². The molecule has 0 aliphatic carbocycles. The minimum atomic E-state index is -0.116. The van der Waals surface area contributed by atoms with Gasteiger partial charge in [0.25, 0.3) is 0 Å². The maximum Gasteiger partial charge on any atom is 0.306 e. The lowest BCUT2D eigenvalue weighted by atomic mass is 10.1. The maximum atomic E-state index is 11.0. The molecule has 0 heterocycles. The van der Waals surface area contributed by atoms with Crippen molar-refractivity contribution in [1.82, 2.24) is 4.90 Å². The molecule has 0 aromatic rings. The number of carbonyl (C=O) groups is 1. The summed E-state index contributed by atoms with van der Waals surface area (Å²) in [5.41, 5.74) is 0. The van der Waals surface area contributed by atoms with Crippen LogP contribution in [-0.4, -0.2) is 37.1 Å². The third-order valence-corrected chi connectivity index (χ3v) is 2.70. The molecule has 0 fully saturated rings. The first-order valence-corrected chi connectivity index (χ1v) is 5.50. The highest BCUT2D eigenvalue weighted by Gasteiger charge is 2.14. The summed E-state index contributed by atoms with van der Waals surface area (Å²) < 4.78 is 4.63. The smallest absolute Gasteiger partial charge is 0.306 e. The average Bonchev–Trinajstić information content (AvgIpc) is 2.23. The Kier molecular flexibility index (Phi) is 7.48. The van der Waals surface area contributed by atoms with Gasteiger partial charge in [-0.1, -0.05) is 20.8 Å². The summed E-state index contributed by atoms with van der Waals surface area (Å²) in [6.45, 7) is 8.33. The first kappa shape index (κ1) is 13.4. The first-order valence-electron chi connectivity index (χ1n) is 5.50. The van der Waals surface area contributed by atoms with Gasteiger partial charge < -0.3 is 9.64 Å². The van der Waals surface area contributed by atoms with Crippen molar-refractivity contribution in [3.05, 3.63) is 0 Å². The predicted molar refractivity (Wildman–Crippen MR) is 58.3 cm³/mol. The lowest BCUT2D eigenvalue weighted by Gasteiger charge is -2.28. The normalized spacial score (nSPS) is 11.0. The van der Waals surface area contributed by atoms with Crippen molar-refractivity contribution in [2.75, 3.05) is 20.2 Å². The Morgan fingerprint density at radius 1 is 1.29 bits per heavy atom. The molecule has 0 aliphatic heterocycles. The molecule has 0 rings (SSSR count). The van der Waals surface area contributed by atoms with E-state index in [1.807, 2.05) is 0 Å². The Morgan fingerprint density at radius 2 is 1.86 bits per heavy atom. The van der Waals surface area contributed by atoms with Crippen LogP contribution in [0.5, 0.6) is 0 Å². The monoisotopic (exact) mass is 201 g/mol. The number of carbonyl (C=O) groups excluding carboxylic acids is 1. The minimum Gasteiger partial charge on any atom is -0.469 e. The average molecular weight is 201 g/mol. The van der Waals surface area contributed by atoms with Crippen LogP contribution in [0, 0.1) is 0 Å². The van der Waals surface area contributed by atoms with Gasteiger partial charge in [-0.15, -0.1) is 0 Å². The van der Waals surface area contributed by atoms with Crippen molar-refractivity contribution in [2.24, 2.45) is 0 Å². The van der Waals surface area contributed by atoms with Crippen molar-refractivity contribution in [2.45, 2.75) is 46.1 Å². The third-order valence-electron chi connectivity index (χ3n) is 2.70. The first-order chi connectivity index (χ1) is 6.69. The second-order valence-corrected chi connectivity index (χ2v) is 3.43. The van der Waals surface area contributed by atoms with Crippen LogP contribution in [-0.2, 0) is 9.53 Å². The van der Waals surface area contributed by atoms with Gasteiger partial charge in [-0.25, -0.2) is 0 Å². The molecule has 0 aromatic heterocycles. The maximum absolute atomic E-state index is 11.0. The molecule has 0 aromatic carbocycles. The fourth-order valence-corrected chi connectivity index (χ4v) is 1.74. The van der Waals surface area contributed by atoms with Crippen LogP contribution in [0.2, 0.25) is 0 Å². The summed E-state index contributed by atoms with van der Waals surface area (Å²) in [6, 6.07) is 0.602. The van der Waals surface area contributed by atoms with Crippen LogP contribution in [0.25, 0.3) is 0 Å². The summed E-state index contributed by atoms with van der Waals surface area (Å²) in [5.74, 6) is -0.116. The summed E-state index contributed by atoms with van der Waals surface area (Å²) in [6.07, 6.45) is 2.79. The molecule has 3 nitrogen and oxygen atoms in total. The third kappa shape index (κ3) is 4.61. The van der Waals surface area contributed by atoms with Crippen LogP contribution in [0.1, 0.15) is 40.0 Å². The zero-order chi connectivity index (χ0) is 11.0. The fourth-order valence-electron chi connectivity index (χ4n) is 1.74. The number of ether oxygens (including phenoxy) is 1. The summed E-state index contributed by atoms with van der Waals surface area (Å²) >= 11 is 0. The fraction of sp³-hybridized carbons (Fsp3) is 0.909. The second kappa shape index (κ2) is 7.80. The van der Waals surface area contributed by atoms with E-state index < -0.39 is 0 Å². The van der Waals surface area contributed by atoms with Crippen LogP contribution in [0.15, 0.2) is 0 Å². The largest absolute Gasteiger partial charge is 0.469 e. The molecule has 0 N–H and O–H groups in total. The molecule has 0 saturated heterocycles. The van der Waals surface area contributed by atoms with Crippen molar-refractivity contribution in [3.8, 4) is 0 Å². The molecule has 0 unspecified atom stereocenters. The van der Waals surface area contributed by atoms with Crippen LogP contribution < -0.4 is 0 Å². The Balaban J connectivity index is 3.94. The molecule has 3 heteroatoms. The Morgan fingerprint density at radius 3 is 2.21 bits per heavy atom. The molecular formula is C11H23NO2. The Hall–Kier alpha value is -0.570. The number of esters is 1. The topological polar surface area (TPSA) is 29.5 Å². The number of hydrogen-bond acceptors (Lipinski definition) is 3. The standard InChI is InChI=1S/C11H23NO2/c1-5-10(6-2)12(7-3)9-8-11(13)14-4/h10H,5-9H2,1-4H3. The van der Waals surface area contributed by atoms with Gasteiger partial charge in [-0.2, -0.15) is 0 Å². The summed E-state index contributed by atoms with van der Waals surface area (Å²) in [7, 11) is 1.44. The Bertz CT molecular complexity index is 155. The van der Waals surface area contributed by atoms with Crippen molar-refractivity contribution < 1.29 is 9.53 Å². The number of methoxy groups -OCH3 is 1. The van der Waals surface area contributed by atoms with E-state index in [0.717, 1.165) is 25.9 Å². The quantitative estimate of drug-likeness (QED) is 0.590. The highest BCUT2D eigenvalue weighted by molar-refractivity contribution is 5.69. The molecule has 0 atom stereocenters. The van der Waals surface area contributed by atoms with Gasteiger partial charge in [0, 0.05) is 12.6 Å². The number of nitrogens with zero attached hydrogens (tertiary/aromatic N) is 1. The molecule has 0 aliphatic rings. The zero-order valence-corrected chi connectivity index (χ0v) is 9.88. The number of rotatable bonds is 7. The molecule has 14 heavy (non-hydrogen) atoms. The van der Waals surface area contributed by atoms with Crippen LogP contribution in [0.3, 0.4) is 0 Å². The predicted octanol–water partition coefficient (Wildman–Crippen LogP) is 2.06. The molecule has 84 valence electrons. The molecule has 0 saturated carbocycles. The molecular weight excluding hydrogens is 178 g/mol. The summed E-state index contributed by atoms with van der Waals surface area (Å²) in [5, 5.41) is 0. The van der Waals surface area contributed by atoms with Crippen molar-refractivity contribution in [3.63, 3.8) is 0 Å². The lowest BCUT2D eigenvalue weighted by molar-refractivity contribution is -0.141. The van der Waals surface area contributed by atoms with E-state index in [2.05, 4.69) is 30.4 Å². The van der Waals surface area contributed by atoms with Crippen molar-refractivity contribution >= 4 is 5.97 Å². The molecule has 0 amide bonds. The van der Waals surface area contributed by atoms with Gasteiger partial charge in [0.2, 0.25) is 0 Å². The van der Waals surface area contributed by atoms with E-state index in [1.54, 1.807) is 0 Å².